The van der Waals surface area contributed by atoms with Crippen molar-refractivity contribution in [1.82, 2.24) is 15.5 Å². The van der Waals surface area contributed by atoms with Gasteiger partial charge in [0.2, 0.25) is 0 Å². The number of furan rings is 1. The Bertz CT molecular complexity index is 378. The number of aromatic amines is 1. The molecule has 0 aliphatic rings. The molecule has 4 nitrogen and oxygen atoms in total. The largest absolute Gasteiger partial charge is 0.468 e. The number of H-pyrrole nitrogens is 1. The summed E-state index contributed by atoms with van der Waals surface area (Å²) in [6, 6.07) is 5.85. The second-order valence-corrected chi connectivity index (χ2v) is 3.23. The van der Waals surface area contributed by atoms with E-state index in [1.807, 2.05) is 25.1 Å². The maximum Gasteiger partial charge on any atom is 0.117 e. The van der Waals surface area contributed by atoms with E-state index in [4.69, 9.17) is 4.42 Å². The average molecular weight is 191 g/mol. The molecular weight excluding hydrogens is 178 g/mol. The van der Waals surface area contributed by atoms with Gasteiger partial charge in [0.1, 0.15) is 5.76 Å². The number of hydrogen-bond acceptors (Lipinski definition) is 3. The van der Waals surface area contributed by atoms with Crippen LogP contribution >= 0.6 is 0 Å². The van der Waals surface area contributed by atoms with Gasteiger partial charge in [-0.05, 0) is 25.1 Å². The number of rotatable bonds is 4. The number of aryl methyl sites for hydroxylation is 1. The molecule has 0 saturated heterocycles. The molecule has 0 spiro atoms. The van der Waals surface area contributed by atoms with Gasteiger partial charge in [0.25, 0.3) is 0 Å². The van der Waals surface area contributed by atoms with Gasteiger partial charge in [0.05, 0.1) is 18.5 Å². The zero-order valence-electron chi connectivity index (χ0n) is 8.08. The highest BCUT2D eigenvalue weighted by molar-refractivity contribution is 5.06. The lowest BCUT2D eigenvalue weighted by molar-refractivity contribution is 0.481. The molecule has 0 fully saturated rings. The Morgan fingerprint density at radius 3 is 3.07 bits per heavy atom. The predicted molar refractivity (Wildman–Crippen MR) is 52.6 cm³/mol. The van der Waals surface area contributed by atoms with Gasteiger partial charge in [-0.3, -0.25) is 5.10 Å². The van der Waals surface area contributed by atoms with Crippen LogP contribution in [0.2, 0.25) is 0 Å². The lowest BCUT2D eigenvalue weighted by Gasteiger charge is -1.98. The van der Waals surface area contributed by atoms with E-state index in [0.717, 1.165) is 30.2 Å². The molecule has 0 atom stereocenters. The Morgan fingerprint density at radius 2 is 2.43 bits per heavy atom. The van der Waals surface area contributed by atoms with Crippen LogP contribution in [0.3, 0.4) is 0 Å². The SMILES string of the molecule is Cc1cc(CNCc2ccco2)n[nH]1. The molecule has 0 aliphatic heterocycles. The molecule has 0 amide bonds. The van der Waals surface area contributed by atoms with E-state index in [1.54, 1.807) is 6.26 Å². The first-order valence-corrected chi connectivity index (χ1v) is 4.58. The second kappa shape index (κ2) is 4.11. The Hall–Kier alpha value is -1.55. The lowest BCUT2D eigenvalue weighted by atomic mass is 10.3. The van der Waals surface area contributed by atoms with Crippen LogP contribution in [0.5, 0.6) is 0 Å². The normalized spacial score (nSPS) is 10.6. The minimum absolute atomic E-state index is 0.735. The number of hydrogen-bond donors (Lipinski definition) is 2. The van der Waals surface area contributed by atoms with Gasteiger partial charge in [-0.15, -0.1) is 0 Å². The van der Waals surface area contributed by atoms with Gasteiger partial charge >= 0.3 is 0 Å². The van der Waals surface area contributed by atoms with Crippen molar-refractivity contribution in [3.63, 3.8) is 0 Å². The van der Waals surface area contributed by atoms with E-state index in [9.17, 15) is 0 Å². The lowest BCUT2D eigenvalue weighted by Crippen LogP contribution is -2.12. The summed E-state index contributed by atoms with van der Waals surface area (Å²) >= 11 is 0. The third-order valence-electron chi connectivity index (χ3n) is 1.94. The van der Waals surface area contributed by atoms with E-state index in [1.165, 1.54) is 0 Å². The standard InChI is InChI=1S/C10H13N3O/c1-8-5-9(13-12-8)6-11-7-10-3-2-4-14-10/h2-5,11H,6-7H2,1H3,(H,12,13). The van der Waals surface area contributed by atoms with Crippen molar-refractivity contribution >= 4 is 0 Å². The molecule has 2 heterocycles. The van der Waals surface area contributed by atoms with Crippen LogP contribution in [-0.2, 0) is 13.1 Å². The molecule has 2 aromatic rings. The first-order valence-electron chi connectivity index (χ1n) is 4.58. The summed E-state index contributed by atoms with van der Waals surface area (Å²) in [7, 11) is 0. The van der Waals surface area contributed by atoms with E-state index in [0.29, 0.717) is 0 Å². The molecule has 0 unspecified atom stereocenters. The van der Waals surface area contributed by atoms with Crippen molar-refractivity contribution in [3.05, 3.63) is 41.6 Å². The van der Waals surface area contributed by atoms with Crippen LogP contribution in [0.25, 0.3) is 0 Å². The van der Waals surface area contributed by atoms with Crippen LogP contribution < -0.4 is 5.32 Å². The average Bonchev–Trinajstić information content (AvgIpc) is 2.77. The fourth-order valence-corrected chi connectivity index (χ4v) is 1.29. The minimum Gasteiger partial charge on any atom is -0.468 e. The Labute approximate surface area is 82.3 Å². The summed E-state index contributed by atoms with van der Waals surface area (Å²) in [4.78, 5) is 0. The highest BCUT2D eigenvalue weighted by Gasteiger charge is 1.98. The summed E-state index contributed by atoms with van der Waals surface area (Å²) in [5.74, 6) is 0.942. The Balaban J connectivity index is 1.78. The maximum atomic E-state index is 5.19. The van der Waals surface area contributed by atoms with Gasteiger partial charge in [-0.25, -0.2) is 0 Å². The maximum absolute atomic E-state index is 5.19. The van der Waals surface area contributed by atoms with Crippen LogP contribution in [0.15, 0.2) is 28.9 Å². The van der Waals surface area contributed by atoms with Crippen LogP contribution in [0.4, 0.5) is 0 Å². The van der Waals surface area contributed by atoms with E-state index in [-0.39, 0.29) is 0 Å². The molecule has 2 N–H and O–H groups in total. The van der Waals surface area contributed by atoms with Crippen molar-refractivity contribution in [2.45, 2.75) is 20.0 Å². The van der Waals surface area contributed by atoms with Gasteiger partial charge < -0.3 is 9.73 Å². The van der Waals surface area contributed by atoms with E-state index < -0.39 is 0 Å². The van der Waals surface area contributed by atoms with Crippen molar-refractivity contribution in [1.29, 1.82) is 0 Å². The zero-order chi connectivity index (χ0) is 9.80. The first kappa shape index (κ1) is 9.02. The van der Waals surface area contributed by atoms with Gasteiger partial charge in [-0.1, -0.05) is 0 Å². The topological polar surface area (TPSA) is 53.9 Å². The number of aromatic nitrogens is 2. The molecule has 0 bridgehead atoms. The van der Waals surface area contributed by atoms with Crippen molar-refractivity contribution in [2.24, 2.45) is 0 Å². The molecule has 0 aromatic carbocycles. The number of nitrogens with zero attached hydrogens (tertiary/aromatic N) is 1. The summed E-state index contributed by atoms with van der Waals surface area (Å²) in [6.45, 7) is 3.48. The molecule has 74 valence electrons. The molecule has 0 aliphatic carbocycles. The monoisotopic (exact) mass is 191 g/mol. The van der Waals surface area contributed by atoms with Crippen molar-refractivity contribution in [2.75, 3.05) is 0 Å². The third kappa shape index (κ3) is 2.23. The smallest absolute Gasteiger partial charge is 0.117 e. The molecule has 2 rings (SSSR count). The summed E-state index contributed by atoms with van der Waals surface area (Å²) in [5.41, 5.74) is 2.11. The molecule has 2 aromatic heterocycles. The third-order valence-corrected chi connectivity index (χ3v) is 1.94. The van der Waals surface area contributed by atoms with Gasteiger partial charge in [-0.2, -0.15) is 5.10 Å². The van der Waals surface area contributed by atoms with Crippen molar-refractivity contribution in [3.8, 4) is 0 Å². The minimum atomic E-state index is 0.735. The zero-order valence-corrected chi connectivity index (χ0v) is 8.08. The van der Waals surface area contributed by atoms with Crippen LogP contribution in [0, 0.1) is 6.92 Å². The predicted octanol–water partition coefficient (Wildman–Crippen LogP) is 1.60. The quantitative estimate of drug-likeness (QED) is 0.771. The Morgan fingerprint density at radius 1 is 1.50 bits per heavy atom. The second-order valence-electron chi connectivity index (χ2n) is 3.23. The fraction of sp³-hybridized carbons (Fsp3) is 0.300. The highest BCUT2D eigenvalue weighted by atomic mass is 16.3. The molecular formula is C10H13N3O. The number of nitrogens with one attached hydrogen (secondary N) is 2. The van der Waals surface area contributed by atoms with Crippen LogP contribution in [0.1, 0.15) is 17.1 Å². The molecule has 0 saturated carbocycles. The summed E-state index contributed by atoms with van der Waals surface area (Å²) in [6.07, 6.45) is 1.68. The fourth-order valence-electron chi connectivity index (χ4n) is 1.29. The Kier molecular flexibility index (Phi) is 2.65. The highest BCUT2D eigenvalue weighted by Crippen LogP contribution is 2.00. The first-order chi connectivity index (χ1) is 6.84. The van der Waals surface area contributed by atoms with Crippen molar-refractivity contribution < 1.29 is 4.42 Å². The molecule has 0 radical (unpaired) electrons. The summed E-state index contributed by atoms with van der Waals surface area (Å²) < 4.78 is 5.19. The molecule has 4 heteroatoms. The van der Waals surface area contributed by atoms with E-state index >= 15 is 0 Å². The van der Waals surface area contributed by atoms with Gasteiger partial charge in [0.15, 0.2) is 0 Å². The molecule has 14 heavy (non-hydrogen) atoms. The van der Waals surface area contributed by atoms with E-state index in [2.05, 4.69) is 15.5 Å². The van der Waals surface area contributed by atoms with Crippen LogP contribution in [-0.4, -0.2) is 10.2 Å². The van der Waals surface area contributed by atoms with Gasteiger partial charge in [0, 0.05) is 12.2 Å². The summed E-state index contributed by atoms with van der Waals surface area (Å²) in [5, 5.41) is 10.3.